The van der Waals surface area contributed by atoms with E-state index in [0.717, 1.165) is 0 Å². The fourth-order valence-electron chi connectivity index (χ4n) is 2.12. The molecule has 122 valence electrons. The zero-order valence-corrected chi connectivity index (χ0v) is 12.9. The number of aliphatic hydroxyl groups excluding tert-OH is 1. The van der Waals surface area contributed by atoms with Crippen molar-refractivity contribution in [2.75, 3.05) is 24.7 Å². The number of ether oxygens (including phenoxy) is 1. The second-order valence-corrected chi connectivity index (χ2v) is 7.46. The molecule has 0 saturated carbocycles. The fourth-order valence-corrected chi connectivity index (χ4v) is 3.80. The van der Waals surface area contributed by atoms with Gasteiger partial charge in [0.05, 0.1) is 11.5 Å². The first kappa shape index (κ1) is 16.6. The molecule has 1 aliphatic rings. The number of rotatable bonds is 6. The highest BCUT2D eigenvalue weighted by atomic mass is 32.2. The summed E-state index contributed by atoms with van der Waals surface area (Å²) in [6, 6.07) is 8.20. The van der Waals surface area contributed by atoms with Crippen molar-refractivity contribution in [2.24, 2.45) is 0 Å². The van der Waals surface area contributed by atoms with Crippen molar-refractivity contribution >= 4 is 15.9 Å². The molecule has 1 aliphatic heterocycles. The molecule has 1 aromatic rings. The van der Waals surface area contributed by atoms with E-state index in [-0.39, 0.29) is 30.7 Å². The number of para-hydroxylation sites is 1. The maximum absolute atomic E-state index is 11.6. The van der Waals surface area contributed by atoms with Crippen LogP contribution in [0.4, 0.5) is 4.79 Å². The van der Waals surface area contributed by atoms with E-state index in [2.05, 4.69) is 10.6 Å². The molecule has 2 atom stereocenters. The summed E-state index contributed by atoms with van der Waals surface area (Å²) >= 11 is 0. The molecule has 0 aromatic heterocycles. The lowest BCUT2D eigenvalue weighted by Crippen LogP contribution is -2.45. The summed E-state index contributed by atoms with van der Waals surface area (Å²) in [5.74, 6) is 0.716. The van der Waals surface area contributed by atoms with Crippen molar-refractivity contribution in [3.8, 4) is 5.75 Å². The minimum atomic E-state index is -3.02. The zero-order chi connectivity index (χ0) is 16.0. The minimum absolute atomic E-state index is 0.0259. The van der Waals surface area contributed by atoms with Crippen molar-refractivity contribution < 1.29 is 23.1 Å². The third-order valence-electron chi connectivity index (χ3n) is 3.25. The monoisotopic (exact) mass is 328 g/mol. The number of nitrogens with one attached hydrogen (secondary N) is 2. The normalized spacial score (nSPS) is 21.0. The van der Waals surface area contributed by atoms with E-state index in [1.807, 2.05) is 18.2 Å². The molecule has 0 radical (unpaired) electrons. The summed E-state index contributed by atoms with van der Waals surface area (Å²) in [5.41, 5.74) is 0. The molecule has 2 rings (SSSR count). The highest BCUT2D eigenvalue weighted by Crippen LogP contribution is 2.11. The second-order valence-electron chi connectivity index (χ2n) is 5.23. The molecule has 1 heterocycles. The SMILES string of the molecule is O=C(NCC(O)COc1ccccc1)NC1CCS(=O)(=O)C1. The molecule has 2 amide bonds. The van der Waals surface area contributed by atoms with Crippen molar-refractivity contribution in [1.29, 1.82) is 0 Å². The van der Waals surface area contributed by atoms with Gasteiger partial charge in [-0.15, -0.1) is 0 Å². The maximum Gasteiger partial charge on any atom is 0.315 e. The lowest BCUT2D eigenvalue weighted by atomic mass is 10.3. The number of hydrogen-bond acceptors (Lipinski definition) is 5. The summed E-state index contributed by atoms with van der Waals surface area (Å²) in [6.07, 6.45) is -0.423. The molecule has 8 heteroatoms. The Labute approximate surface area is 129 Å². The van der Waals surface area contributed by atoms with Gasteiger partial charge in [-0.25, -0.2) is 13.2 Å². The van der Waals surface area contributed by atoms with Crippen LogP contribution in [0.2, 0.25) is 0 Å². The van der Waals surface area contributed by atoms with Gasteiger partial charge in [-0.05, 0) is 18.6 Å². The van der Waals surface area contributed by atoms with Crippen LogP contribution in [0.5, 0.6) is 5.75 Å². The third-order valence-corrected chi connectivity index (χ3v) is 5.02. The van der Waals surface area contributed by atoms with Gasteiger partial charge < -0.3 is 20.5 Å². The standard InChI is InChI=1S/C14H20N2O5S/c17-12(9-21-13-4-2-1-3-5-13)8-15-14(18)16-11-6-7-22(19,20)10-11/h1-5,11-12,17H,6-10H2,(H2,15,16,18). The maximum atomic E-state index is 11.6. The number of carbonyl (C=O) groups is 1. The number of aliphatic hydroxyl groups is 1. The number of benzene rings is 1. The van der Waals surface area contributed by atoms with Crippen molar-refractivity contribution in [3.05, 3.63) is 30.3 Å². The van der Waals surface area contributed by atoms with E-state index in [4.69, 9.17) is 4.74 Å². The predicted molar refractivity (Wildman–Crippen MR) is 81.5 cm³/mol. The van der Waals surface area contributed by atoms with Crippen molar-refractivity contribution in [1.82, 2.24) is 10.6 Å². The van der Waals surface area contributed by atoms with Gasteiger partial charge in [-0.1, -0.05) is 18.2 Å². The first-order valence-electron chi connectivity index (χ1n) is 7.05. The number of sulfone groups is 1. The number of urea groups is 1. The van der Waals surface area contributed by atoms with Gasteiger partial charge in [0.2, 0.25) is 0 Å². The molecule has 1 fully saturated rings. The molecular formula is C14H20N2O5S. The lowest BCUT2D eigenvalue weighted by molar-refractivity contribution is 0.107. The van der Waals surface area contributed by atoms with Gasteiger partial charge in [0.15, 0.2) is 9.84 Å². The first-order chi connectivity index (χ1) is 10.4. The highest BCUT2D eigenvalue weighted by Gasteiger charge is 2.28. The molecule has 3 N–H and O–H groups in total. The average Bonchev–Trinajstić information content (AvgIpc) is 2.83. The molecular weight excluding hydrogens is 308 g/mol. The van der Waals surface area contributed by atoms with Crippen molar-refractivity contribution in [3.63, 3.8) is 0 Å². The van der Waals surface area contributed by atoms with Gasteiger partial charge in [0, 0.05) is 12.6 Å². The number of hydrogen-bond donors (Lipinski definition) is 3. The van der Waals surface area contributed by atoms with Gasteiger partial charge >= 0.3 is 6.03 Å². The summed E-state index contributed by atoms with van der Waals surface area (Å²) in [6.45, 7) is 0.0836. The topological polar surface area (TPSA) is 105 Å². The van der Waals surface area contributed by atoms with E-state index in [1.54, 1.807) is 12.1 Å². The Bertz CT molecular complexity index is 591. The van der Waals surface area contributed by atoms with Crippen LogP contribution in [0.15, 0.2) is 30.3 Å². The molecule has 0 spiro atoms. The van der Waals surface area contributed by atoms with Crippen LogP contribution < -0.4 is 15.4 Å². The summed E-state index contributed by atoms with van der Waals surface area (Å²) < 4.78 is 27.9. The van der Waals surface area contributed by atoms with Crippen LogP contribution >= 0.6 is 0 Å². The zero-order valence-electron chi connectivity index (χ0n) is 12.1. The van der Waals surface area contributed by atoms with Crippen LogP contribution in [0.1, 0.15) is 6.42 Å². The van der Waals surface area contributed by atoms with E-state index < -0.39 is 22.0 Å². The van der Waals surface area contributed by atoms with Crippen LogP contribution in [-0.4, -0.2) is 56.4 Å². The van der Waals surface area contributed by atoms with Crippen LogP contribution in [0.3, 0.4) is 0 Å². The summed E-state index contributed by atoms with van der Waals surface area (Å²) in [5, 5.41) is 14.8. The second kappa shape index (κ2) is 7.46. The van der Waals surface area contributed by atoms with E-state index >= 15 is 0 Å². The van der Waals surface area contributed by atoms with Crippen LogP contribution in [0, 0.1) is 0 Å². The lowest BCUT2D eigenvalue weighted by Gasteiger charge is -2.15. The highest BCUT2D eigenvalue weighted by molar-refractivity contribution is 7.91. The Kier molecular flexibility index (Phi) is 5.62. The predicted octanol–water partition coefficient (Wildman–Crippen LogP) is -0.0874. The average molecular weight is 328 g/mol. The minimum Gasteiger partial charge on any atom is -0.491 e. The first-order valence-corrected chi connectivity index (χ1v) is 8.87. The third kappa shape index (κ3) is 5.53. The Morgan fingerprint density at radius 1 is 1.36 bits per heavy atom. The quantitative estimate of drug-likeness (QED) is 0.677. The molecule has 2 unspecified atom stereocenters. The van der Waals surface area contributed by atoms with Crippen LogP contribution in [0.25, 0.3) is 0 Å². The van der Waals surface area contributed by atoms with Gasteiger partial charge in [-0.3, -0.25) is 0 Å². The van der Waals surface area contributed by atoms with Gasteiger partial charge in [-0.2, -0.15) is 0 Å². The Morgan fingerprint density at radius 3 is 2.73 bits per heavy atom. The smallest absolute Gasteiger partial charge is 0.315 e. The Balaban J connectivity index is 1.63. The van der Waals surface area contributed by atoms with E-state index in [1.165, 1.54) is 0 Å². The summed E-state index contributed by atoms with van der Waals surface area (Å²) in [7, 11) is -3.02. The molecule has 7 nitrogen and oxygen atoms in total. The summed E-state index contributed by atoms with van der Waals surface area (Å²) in [4.78, 5) is 11.6. The fraction of sp³-hybridized carbons (Fsp3) is 0.500. The molecule has 22 heavy (non-hydrogen) atoms. The van der Waals surface area contributed by atoms with E-state index in [9.17, 15) is 18.3 Å². The molecule has 0 bridgehead atoms. The molecule has 0 aliphatic carbocycles. The molecule has 1 aromatic carbocycles. The molecule has 1 saturated heterocycles. The number of carbonyl (C=O) groups excluding carboxylic acids is 1. The van der Waals surface area contributed by atoms with Crippen LogP contribution in [-0.2, 0) is 9.84 Å². The number of amides is 2. The van der Waals surface area contributed by atoms with E-state index in [0.29, 0.717) is 12.2 Å². The van der Waals surface area contributed by atoms with Gasteiger partial charge in [0.1, 0.15) is 18.5 Å². The van der Waals surface area contributed by atoms with Gasteiger partial charge in [0.25, 0.3) is 0 Å². The van der Waals surface area contributed by atoms with Crippen molar-refractivity contribution in [2.45, 2.75) is 18.6 Å². The Morgan fingerprint density at radius 2 is 2.09 bits per heavy atom. The Hall–Kier alpha value is -1.80. The largest absolute Gasteiger partial charge is 0.491 e.